The summed E-state index contributed by atoms with van der Waals surface area (Å²) in [5, 5.41) is 6.42. The number of amides is 2. The summed E-state index contributed by atoms with van der Waals surface area (Å²) < 4.78 is 16.4. The van der Waals surface area contributed by atoms with E-state index < -0.39 is 6.10 Å². The van der Waals surface area contributed by atoms with Gasteiger partial charge in [0, 0.05) is 19.5 Å². The number of carbonyl (C=O) groups is 2. The first-order valence-electron chi connectivity index (χ1n) is 9.36. The zero-order valence-electron chi connectivity index (χ0n) is 16.5. The molecule has 0 spiro atoms. The number of aryl methyl sites for hydroxylation is 1. The Hall–Kier alpha value is -3.88. The van der Waals surface area contributed by atoms with Crippen molar-refractivity contribution in [3.8, 4) is 22.9 Å². The van der Waals surface area contributed by atoms with Crippen LogP contribution in [0.3, 0.4) is 0 Å². The number of aromatic nitrogens is 2. The third-order valence-electron chi connectivity index (χ3n) is 4.62. The summed E-state index contributed by atoms with van der Waals surface area (Å²) in [4.78, 5) is 30.6. The Morgan fingerprint density at radius 3 is 2.67 bits per heavy atom. The lowest BCUT2D eigenvalue weighted by atomic mass is 10.1. The Balaban J connectivity index is 1.45. The minimum atomic E-state index is -0.786. The predicted molar refractivity (Wildman–Crippen MR) is 107 cm³/mol. The van der Waals surface area contributed by atoms with E-state index in [4.69, 9.17) is 14.0 Å². The molecule has 1 aliphatic rings. The monoisotopic (exact) mass is 408 g/mol. The lowest BCUT2D eigenvalue weighted by Gasteiger charge is -2.33. The molecular formula is C21H20N4O5. The molecule has 30 heavy (non-hydrogen) atoms. The fourth-order valence-corrected chi connectivity index (χ4v) is 3.11. The highest BCUT2D eigenvalue weighted by Gasteiger charge is 2.33. The van der Waals surface area contributed by atoms with Crippen LogP contribution in [0.2, 0.25) is 0 Å². The minimum Gasteiger partial charge on any atom is -0.484 e. The fourth-order valence-electron chi connectivity index (χ4n) is 3.11. The van der Waals surface area contributed by atoms with Crippen molar-refractivity contribution in [3.05, 3.63) is 54.4 Å². The van der Waals surface area contributed by atoms with Crippen LogP contribution < -0.4 is 19.7 Å². The number of ether oxygens (including phenoxy) is 2. The number of nitrogens with zero attached hydrogens (tertiary/aromatic N) is 3. The quantitative estimate of drug-likeness (QED) is 0.688. The zero-order valence-corrected chi connectivity index (χ0v) is 16.5. The Kier molecular flexibility index (Phi) is 5.34. The van der Waals surface area contributed by atoms with Gasteiger partial charge in [-0.05, 0) is 36.4 Å². The molecule has 0 bridgehead atoms. The molecule has 154 valence electrons. The molecular weight excluding hydrogens is 388 g/mol. The maximum absolute atomic E-state index is 12.9. The van der Waals surface area contributed by atoms with Crippen molar-refractivity contribution >= 4 is 17.5 Å². The lowest BCUT2D eigenvalue weighted by Crippen LogP contribution is -2.51. The summed E-state index contributed by atoms with van der Waals surface area (Å²) in [6, 6.07) is 14.1. The van der Waals surface area contributed by atoms with E-state index in [1.807, 2.05) is 6.07 Å². The zero-order chi connectivity index (χ0) is 21.1. The van der Waals surface area contributed by atoms with Crippen LogP contribution in [0.4, 0.5) is 5.69 Å². The molecule has 2 aromatic carbocycles. The molecule has 0 fully saturated rings. The summed E-state index contributed by atoms with van der Waals surface area (Å²) in [5.41, 5.74) is 1.38. The number of para-hydroxylation sites is 2. The van der Waals surface area contributed by atoms with Gasteiger partial charge in [0.25, 0.3) is 11.8 Å². The van der Waals surface area contributed by atoms with Crippen LogP contribution in [0.1, 0.15) is 5.89 Å². The van der Waals surface area contributed by atoms with E-state index in [1.165, 1.54) is 11.9 Å². The van der Waals surface area contributed by atoms with Crippen LogP contribution in [-0.4, -0.2) is 48.3 Å². The van der Waals surface area contributed by atoms with Gasteiger partial charge in [-0.25, -0.2) is 0 Å². The topological polar surface area (TPSA) is 107 Å². The number of hydrogen-bond acceptors (Lipinski definition) is 7. The summed E-state index contributed by atoms with van der Waals surface area (Å²) in [6.45, 7) is 1.64. The molecule has 0 aliphatic carbocycles. The Morgan fingerprint density at radius 2 is 1.97 bits per heavy atom. The molecule has 9 nitrogen and oxygen atoms in total. The van der Waals surface area contributed by atoms with Gasteiger partial charge < -0.3 is 24.2 Å². The smallest absolute Gasteiger partial charge is 0.265 e. The normalized spacial score (nSPS) is 15.1. The number of rotatable bonds is 5. The predicted octanol–water partition coefficient (Wildman–Crippen LogP) is 1.96. The second-order valence-electron chi connectivity index (χ2n) is 6.64. The van der Waals surface area contributed by atoms with E-state index in [2.05, 4.69) is 15.5 Å². The Morgan fingerprint density at radius 1 is 1.20 bits per heavy atom. The van der Waals surface area contributed by atoms with Gasteiger partial charge in [0.15, 0.2) is 12.7 Å². The van der Waals surface area contributed by atoms with Gasteiger partial charge in [-0.1, -0.05) is 17.3 Å². The highest BCUT2D eigenvalue weighted by Crippen LogP contribution is 2.33. The number of carbonyl (C=O) groups excluding carboxylic acids is 2. The number of hydrogen-bond donors (Lipinski definition) is 1. The fraction of sp³-hybridized carbons (Fsp3) is 0.238. The van der Waals surface area contributed by atoms with Gasteiger partial charge in [-0.2, -0.15) is 4.98 Å². The van der Waals surface area contributed by atoms with E-state index in [0.717, 1.165) is 5.56 Å². The third-order valence-corrected chi connectivity index (χ3v) is 4.62. The van der Waals surface area contributed by atoms with E-state index >= 15 is 0 Å². The summed E-state index contributed by atoms with van der Waals surface area (Å²) in [7, 11) is 1.53. The van der Waals surface area contributed by atoms with Gasteiger partial charge in [0.05, 0.1) is 12.2 Å². The van der Waals surface area contributed by atoms with Crippen LogP contribution in [-0.2, 0) is 9.59 Å². The highest BCUT2D eigenvalue weighted by atomic mass is 16.5. The van der Waals surface area contributed by atoms with Crippen LogP contribution in [0, 0.1) is 6.92 Å². The maximum Gasteiger partial charge on any atom is 0.265 e. The maximum atomic E-state index is 12.9. The van der Waals surface area contributed by atoms with Gasteiger partial charge in [-0.15, -0.1) is 0 Å². The average Bonchev–Trinajstić information content (AvgIpc) is 3.22. The van der Waals surface area contributed by atoms with Crippen molar-refractivity contribution in [2.75, 3.05) is 25.1 Å². The summed E-state index contributed by atoms with van der Waals surface area (Å²) >= 11 is 0. The summed E-state index contributed by atoms with van der Waals surface area (Å²) in [5.74, 6) is 1.40. The van der Waals surface area contributed by atoms with Crippen molar-refractivity contribution in [2.24, 2.45) is 0 Å². The first-order chi connectivity index (χ1) is 14.5. The SMILES string of the molecule is CNC(=O)C1CN(C(=O)COc2ccc(-c3noc(C)n3)cc2)c2ccccc2O1. The molecule has 1 aliphatic heterocycles. The number of likely N-dealkylation sites (N-methyl/N-ethyl adjacent to an activating group) is 1. The minimum absolute atomic E-state index is 0.106. The van der Waals surface area contributed by atoms with E-state index in [1.54, 1.807) is 49.4 Å². The molecule has 1 atom stereocenters. The van der Waals surface area contributed by atoms with Crippen LogP contribution in [0.25, 0.3) is 11.4 Å². The molecule has 4 rings (SSSR count). The standard InChI is InChI=1S/C21H20N4O5/c1-13-23-20(24-30-13)14-7-9-15(10-8-14)28-12-19(26)25-11-18(21(27)22-2)29-17-6-4-3-5-16(17)25/h3-10,18H,11-12H2,1-2H3,(H,22,27). The number of fused-ring (bicyclic) bond motifs is 1. The first kappa shape index (κ1) is 19.4. The van der Waals surface area contributed by atoms with Crippen LogP contribution in [0.15, 0.2) is 53.1 Å². The number of anilines is 1. The molecule has 2 heterocycles. The van der Waals surface area contributed by atoms with Crippen molar-refractivity contribution in [2.45, 2.75) is 13.0 Å². The van der Waals surface area contributed by atoms with Gasteiger partial charge >= 0.3 is 0 Å². The highest BCUT2D eigenvalue weighted by molar-refractivity contribution is 5.98. The molecule has 1 unspecified atom stereocenters. The Bertz CT molecular complexity index is 1060. The number of benzene rings is 2. The lowest BCUT2D eigenvalue weighted by molar-refractivity contribution is -0.128. The molecule has 0 saturated carbocycles. The first-order valence-corrected chi connectivity index (χ1v) is 9.36. The molecule has 0 radical (unpaired) electrons. The van der Waals surface area contributed by atoms with Crippen molar-refractivity contribution in [3.63, 3.8) is 0 Å². The number of nitrogens with one attached hydrogen (secondary N) is 1. The van der Waals surface area contributed by atoms with Crippen molar-refractivity contribution < 1.29 is 23.6 Å². The largest absolute Gasteiger partial charge is 0.484 e. The third kappa shape index (κ3) is 3.95. The second kappa shape index (κ2) is 8.24. The molecule has 2 amide bonds. The van der Waals surface area contributed by atoms with Gasteiger partial charge in [0.1, 0.15) is 11.5 Å². The van der Waals surface area contributed by atoms with E-state index in [0.29, 0.717) is 28.9 Å². The van der Waals surface area contributed by atoms with Crippen molar-refractivity contribution in [1.29, 1.82) is 0 Å². The van der Waals surface area contributed by atoms with E-state index in [9.17, 15) is 9.59 Å². The second-order valence-corrected chi connectivity index (χ2v) is 6.64. The molecule has 3 aromatic rings. The van der Waals surface area contributed by atoms with E-state index in [-0.39, 0.29) is 25.0 Å². The van der Waals surface area contributed by atoms with Gasteiger partial charge in [0.2, 0.25) is 11.7 Å². The average molecular weight is 408 g/mol. The molecule has 1 aromatic heterocycles. The van der Waals surface area contributed by atoms with Crippen molar-refractivity contribution in [1.82, 2.24) is 15.5 Å². The Labute approximate surface area is 172 Å². The molecule has 9 heteroatoms. The van der Waals surface area contributed by atoms with Gasteiger partial charge in [-0.3, -0.25) is 9.59 Å². The van der Waals surface area contributed by atoms with Crippen LogP contribution in [0.5, 0.6) is 11.5 Å². The van der Waals surface area contributed by atoms with Crippen LogP contribution >= 0.6 is 0 Å². The summed E-state index contributed by atoms with van der Waals surface area (Å²) in [6.07, 6.45) is -0.786. The molecule has 1 N–H and O–H groups in total. The molecule has 0 saturated heterocycles.